The molecule has 3 fully saturated rings. The van der Waals surface area contributed by atoms with Crippen LogP contribution in [0, 0.1) is 52.3 Å². The average molecular weight is 461 g/mol. The van der Waals surface area contributed by atoms with Crippen molar-refractivity contribution in [3.05, 3.63) is 11.6 Å². The van der Waals surface area contributed by atoms with Gasteiger partial charge in [0.2, 0.25) is 0 Å². The molecule has 0 spiro atoms. The Kier molecular flexibility index (Phi) is 7.46. The Bertz CT molecular complexity index is 715. The van der Waals surface area contributed by atoms with E-state index in [1.165, 1.54) is 31.3 Å². The van der Waals surface area contributed by atoms with Gasteiger partial charge in [0.15, 0.2) is 0 Å². The lowest BCUT2D eigenvalue weighted by Gasteiger charge is -2.60. The van der Waals surface area contributed by atoms with Crippen LogP contribution in [-0.2, 0) is 4.74 Å². The molecule has 0 radical (unpaired) electrons. The Morgan fingerprint density at radius 3 is 2.42 bits per heavy atom. The Labute approximate surface area is 203 Å². The second-order valence-electron chi connectivity index (χ2n) is 13.3. The van der Waals surface area contributed by atoms with Gasteiger partial charge in [0.05, 0.1) is 18.3 Å². The molecule has 0 amide bonds. The Balaban J connectivity index is 1.57. The molecule has 0 saturated heterocycles. The first-order valence-corrected chi connectivity index (χ1v) is 14.2. The van der Waals surface area contributed by atoms with Crippen LogP contribution in [0.5, 0.6) is 0 Å². The molecule has 2 N–H and O–H groups in total. The molecule has 33 heavy (non-hydrogen) atoms. The number of hydrogen-bond donors (Lipinski definition) is 2. The molecule has 3 nitrogen and oxygen atoms in total. The van der Waals surface area contributed by atoms with Crippen LogP contribution in [0.1, 0.15) is 99.3 Å². The van der Waals surface area contributed by atoms with Crippen molar-refractivity contribution >= 4 is 0 Å². The highest BCUT2D eigenvalue weighted by molar-refractivity contribution is 5.28. The summed E-state index contributed by atoms with van der Waals surface area (Å²) < 4.78 is 6.17. The summed E-state index contributed by atoms with van der Waals surface area (Å²) in [6.45, 7) is 14.3. The van der Waals surface area contributed by atoms with Crippen LogP contribution in [0.4, 0.5) is 0 Å². The van der Waals surface area contributed by atoms with Gasteiger partial charge in [-0.3, -0.25) is 0 Å². The predicted octanol–water partition coefficient (Wildman–Crippen LogP) is 6.62. The first kappa shape index (κ1) is 25.7. The minimum atomic E-state index is -0.191. The summed E-state index contributed by atoms with van der Waals surface area (Å²) in [6, 6.07) is 0. The lowest BCUT2D eigenvalue weighted by molar-refractivity contribution is -0.111. The van der Waals surface area contributed by atoms with Crippen LogP contribution in [-0.4, -0.2) is 35.6 Å². The van der Waals surface area contributed by atoms with Crippen molar-refractivity contribution in [1.29, 1.82) is 0 Å². The van der Waals surface area contributed by atoms with Crippen molar-refractivity contribution < 1.29 is 14.9 Å². The molecule has 3 heteroatoms. The topological polar surface area (TPSA) is 49.7 Å². The standard InChI is InChI=1S/C30H52O3/c1-8-20(18(2)3)15-26(32)19(4)23-9-10-24-28-25(12-14-30(23,24)6)29(5)13-11-22(31)16-21(29)17-27(28)33-7/h17-20,22-28,31-32H,8-16H2,1-7H3/t19-,20+,22-,23?,24?,25?,26+,27+,28?,29-,30+/m0/s1. The van der Waals surface area contributed by atoms with E-state index < -0.39 is 0 Å². The summed E-state index contributed by atoms with van der Waals surface area (Å²) >= 11 is 0. The smallest absolute Gasteiger partial charge is 0.0788 e. The van der Waals surface area contributed by atoms with Crippen LogP contribution >= 0.6 is 0 Å². The summed E-state index contributed by atoms with van der Waals surface area (Å²) in [5.41, 5.74) is 2.00. The quantitative estimate of drug-likeness (QED) is 0.420. The maximum atomic E-state index is 11.3. The second-order valence-corrected chi connectivity index (χ2v) is 13.3. The molecule has 4 unspecified atom stereocenters. The summed E-state index contributed by atoms with van der Waals surface area (Å²) in [4.78, 5) is 0. The van der Waals surface area contributed by atoms with Gasteiger partial charge in [0, 0.05) is 7.11 Å². The number of aliphatic hydroxyl groups excluding tert-OH is 2. The molecule has 3 saturated carbocycles. The molecule has 0 aliphatic heterocycles. The Morgan fingerprint density at radius 1 is 1.06 bits per heavy atom. The van der Waals surface area contributed by atoms with Crippen molar-refractivity contribution in [2.24, 2.45) is 52.3 Å². The number of aliphatic hydroxyl groups is 2. The fourth-order valence-electron chi connectivity index (χ4n) is 9.44. The number of methoxy groups -OCH3 is 1. The van der Waals surface area contributed by atoms with Crippen LogP contribution in [0.25, 0.3) is 0 Å². The van der Waals surface area contributed by atoms with Crippen molar-refractivity contribution in [1.82, 2.24) is 0 Å². The Morgan fingerprint density at radius 2 is 1.79 bits per heavy atom. The Hall–Kier alpha value is -0.380. The lowest BCUT2D eigenvalue weighted by Crippen LogP contribution is -2.55. The molecule has 4 rings (SSSR count). The monoisotopic (exact) mass is 460 g/mol. The number of hydrogen-bond acceptors (Lipinski definition) is 3. The number of fused-ring (bicyclic) bond motifs is 5. The van der Waals surface area contributed by atoms with E-state index in [-0.39, 0.29) is 23.7 Å². The van der Waals surface area contributed by atoms with E-state index in [9.17, 15) is 10.2 Å². The summed E-state index contributed by atoms with van der Waals surface area (Å²) in [5.74, 6) is 4.13. The third-order valence-corrected chi connectivity index (χ3v) is 11.7. The van der Waals surface area contributed by atoms with Gasteiger partial charge in [0.25, 0.3) is 0 Å². The SMILES string of the molecule is CC[C@H](C[C@@H](O)[C@@H](C)C1CCC2C3C(CC[C@@]21C)[C@@]1(C)CC[C@H](O)CC1=C[C@H]3OC)C(C)C. The van der Waals surface area contributed by atoms with Gasteiger partial charge in [-0.2, -0.15) is 0 Å². The summed E-state index contributed by atoms with van der Waals surface area (Å²) in [7, 11) is 1.89. The molecule has 0 aromatic rings. The maximum Gasteiger partial charge on any atom is 0.0788 e. The molecule has 4 aliphatic rings. The van der Waals surface area contributed by atoms with Crippen molar-refractivity contribution in [2.75, 3.05) is 7.11 Å². The first-order chi connectivity index (χ1) is 15.6. The second kappa shape index (κ2) is 9.58. The molecule has 11 atom stereocenters. The molecular weight excluding hydrogens is 408 g/mol. The van der Waals surface area contributed by atoms with E-state index in [0.29, 0.717) is 46.8 Å². The molecule has 0 bridgehead atoms. The lowest BCUT2D eigenvalue weighted by atomic mass is 9.46. The van der Waals surface area contributed by atoms with Crippen LogP contribution in [0.3, 0.4) is 0 Å². The van der Waals surface area contributed by atoms with Gasteiger partial charge < -0.3 is 14.9 Å². The predicted molar refractivity (Wildman–Crippen MR) is 136 cm³/mol. The number of ether oxygens (including phenoxy) is 1. The minimum absolute atomic E-state index is 0.178. The van der Waals surface area contributed by atoms with Gasteiger partial charge in [0.1, 0.15) is 0 Å². The zero-order valence-corrected chi connectivity index (χ0v) is 22.5. The molecule has 0 heterocycles. The summed E-state index contributed by atoms with van der Waals surface area (Å²) in [6.07, 6.45) is 12.3. The highest BCUT2D eigenvalue weighted by atomic mass is 16.5. The van der Waals surface area contributed by atoms with Gasteiger partial charge in [-0.25, -0.2) is 0 Å². The zero-order chi connectivity index (χ0) is 24.1. The highest BCUT2D eigenvalue weighted by Gasteiger charge is 2.61. The normalized spacial score (nSPS) is 45.6. The van der Waals surface area contributed by atoms with E-state index in [2.05, 4.69) is 47.6 Å². The maximum absolute atomic E-state index is 11.3. The van der Waals surface area contributed by atoms with E-state index >= 15 is 0 Å². The molecule has 4 aliphatic carbocycles. The highest BCUT2D eigenvalue weighted by Crippen LogP contribution is 2.67. The molecule has 190 valence electrons. The fourth-order valence-corrected chi connectivity index (χ4v) is 9.44. The van der Waals surface area contributed by atoms with E-state index in [1.807, 2.05) is 7.11 Å². The van der Waals surface area contributed by atoms with Crippen molar-refractivity contribution in [3.8, 4) is 0 Å². The molecular formula is C30H52O3. The van der Waals surface area contributed by atoms with Crippen molar-refractivity contribution in [2.45, 2.75) is 118 Å². The van der Waals surface area contributed by atoms with Crippen LogP contribution in [0.2, 0.25) is 0 Å². The molecule has 0 aromatic heterocycles. The van der Waals surface area contributed by atoms with E-state index in [4.69, 9.17) is 4.74 Å². The third-order valence-electron chi connectivity index (χ3n) is 11.7. The number of rotatable bonds is 7. The van der Waals surface area contributed by atoms with E-state index in [1.54, 1.807) is 0 Å². The van der Waals surface area contributed by atoms with Gasteiger partial charge >= 0.3 is 0 Å². The largest absolute Gasteiger partial charge is 0.393 e. The fraction of sp³-hybridized carbons (Fsp3) is 0.933. The zero-order valence-electron chi connectivity index (χ0n) is 22.5. The van der Waals surface area contributed by atoms with Crippen LogP contribution < -0.4 is 0 Å². The van der Waals surface area contributed by atoms with Gasteiger partial charge in [-0.05, 0) is 104 Å². The third kappa shape index (κ3) is 4.27. The first-order valence-electron chi connectivity index (χ1n) is 14.2. The van der Waals surface area contributed by atoms with Gasteiger partial charge in [-0.1, -0.05) is 59.6 Å². The minimum Gasteiger partial charge on any atom is -0.393 e. The van der Waals surface area contributed by atoms with Crippen molar-refractivity contribution in [3.63, 3.8) is 0 Å². The van der Waals surface area contributed by atoms with Gasteiger partial charge in [-0.15, -0.1) is 0 Å². The van der Waals surface area contributed by atoms with E-state index in [0.717, 1.165) is 32.1 Å². The summed E-state index contributed by atoms with van der Waals surface area (Å²) in [5, 5.41) is 21.7. The average Bonchev–Trinajstić information content (AvgIpc) is 3.13. The van der Waals surface area contributed by atoms with Crippen LogP contribution in [0.15, 0.2) is 11.6 Å². The molecule has 0 aromatic carbocycles.